The summed E-state index contributed by atoms with van der Waals surface area (Å²) >= 11 is 0. The summed E-state index contributed by atoms with van der Waals surface area (Å²) in [5.74, 6) is 0.965. The third-order valence-corrected chi connectivity index (χ3v) is 4.10. The van der Waals surface area contributed by atoms with E-state index >= 15 is 0 Å². The van der Waals surface area contributed by atoms with Gasteiger partial charge in [-0.3, -0.25) is 9.59 Å². The van der Waals surface area contributed by atoms with Crippen LogP contribution >= 0.6 is 0 Å². The molecule has 0 spiro atoms. The molecule has 1 atom stereocenters. The summed E-state index contributed by atoms with van der Waals surface area (Å²) in [6.07, 6.45) is 4.85. The highest BCUT2D eigenvalue weighted by molar-refractivity contribution is 5.91. The molecule has 1 aliphatic rings. The molecule has 1 aromatic carbocycles. The van der Waals surface area contributed by atoms with E-state index in [1.807, 2.05) is 24.4 Å². The summed E-state index contributed by atoms with van der Waals surface area (Å²) in [4.78, 5) is 23.5. The van der Waals surface area contributed by atoms with Crippen molar-refractivity contribution in [2.45, 2.75) is 25.4 Å². The van der Waals surface area contributed by atoms with Crippen molar-refractivity contribution in [3.63, 3.8) is 0 Å². The normalized spacial score (nSPS) is 16.3. The van der Waals surface area contributed by atoms with Gasteiger partial charge in [-0.15, -0.1) is 0 Å². The first kappa shape index (κ1) is 22.3. The number of anilines is 1. The standard InChI is InChI=1S/C17H23N3O.2CH2O2/c21-15-6-3-11-20(13-15)12-4-9-18-17-16-7-2-1-5-14(16)8-10-19-17;2*2-1-3/h1-2,5,7-8,10,15,21H,3-4,6,9,11-13H2,(H,18,19);2*1H,(H,2,3). The monoisotopic (exact) mass is 377 g/mol. The molecule has 1 aliphatic heterocycles. The number of benzene rings is 1. The maximum absolute atomic E-state index is 9.67. The van der Waals surface area contributed by atoms with Crippen molar-refractivity contribution in [2.75, 3.05) is 31.5 Å². The molecular weight excluding hydrogens is 350 g/mol. The number of hydrogen-bond acceptors (Lipinski definition) is 6. The number of aliphatic hydroxyl groups is 1. The number of rotatable bonds is 5. The Labute approximate surface area is 158 Å². The number of nitrogens with zero attached hydrogens (tertiary/aromatic N) is 2. The topological polar surface area (TPSA) is 123 Å². The highest BCUT2D eigenvalue weighted by Crippen LogP contribution is 2.20. The lowest BCUT2D eigenvalue weighted by Gasteiger charge is -2.29. The molecule has 0 amide bonds. The van der Waals surface area contributed by atoms with Crippen LogP contribution in [0.15, 0.2) is 36.5 Å². The van der Waals surface area contributed by atoms with Gasteiger partial charge in [-0.2, -0.15) is 0 Å². The fourth-order valence-electron chi connectivity index (χ4n) is 3.00. The van der Waals surface area contributed by atoms with Crippen molar-refractivity contribution in [3.8, 4) is 0 Å². The summed E-state index contributed by atoms with van der Waals surface area (Å²) in [5.41, 5.74) is 0. The van der Waals surface area contributed by atoms with Gasteiger partial charge in [-0.1, -0.05) is 24.3 Å². The molecule has 0 aliphatic carbocycles. The molecule has 2 heterocycles. The van der Waals surface area contributed by atoms with E-state index in [4.69, 9.17) is 19.8 Å². The summed E-state index contributed by atoms with van der Waals surface area (Å²) in [6, 6.07) is 10.3. The number of pyridine rings is 1. The predicted molar refractivity (Wildman–Crippen MR) is 104 cm³/mol. The van der Waals surface area contributed by atoms with E-state index in [0.29, 0.717) is 0 Å². The quantitative estimate of drug-likeness (QED) is 0.460. The van der Waals surface area contributed by atoms with Gasteiger partial charge < -0.3 is 25.5 Å². The van der Waals surface area contributed by atoms with Gasteiger partial charge in [-0.25, -0.2) is 4.98 Å². The first-order chi connectivity index (χ1) is 13.2. The summed E-state index contributed by atoms with van der Waals surface area (Å²) in [5, 5.41) is 29.3. The number of nitrogens with one attached hydrogen (secondary N) is 1. The van der Waals surface area contributed by atoms with Crippen molar-refractivity contribution in [1.29, 1.82) is 0 Å². The molecule has 1 fully saturated rings. The Morgan fingerprint density at radius 2 is 1.89 bits per heavy atom. The van der Waals surface area contributed by atoms with E-state index in [0.717, 1.165) is 51.3 Å². The first-order valence-electron chi connectivity index (χ1n) is 8.80. The van der Waals surface area contributed by atoms with Crippen LogP contribution in [-0.4, -0.2) is 70.4 Å². The number of piperidine rings is 1. The SMILES string of the molecule is O=CO.O=CO.OC1CCCN(CCCNc2nccc3ccccc23)C1. The maximum Gasteiger partial charge on any atom is 0.290 e. The fraction of sp³-hybridized carbons (Fsp3) is 0.421. The molecule has 0 saturated carbocycles. The van der Waals surface area contributed by atoms with Gasteiger partial charge in [0.05, 0.1) is 6.10 Å². The Morgan fingerprint density at radius 1 is 1.19 bits per heavy atom. The number of aromatic nitrogens is 1. The Bertz CT molecular complexity index is 672. The maximum atomic E-state index is 9.67. The zero-order valence-corrected chi connectivity index (χ0v) is 15.2. The Balaban J connectivity index is 0.000000540. The Kier molecular flexibility index (Phi) is 11.2. The lowest BCUT2D eigenvalue weighted by Crippen LogP contribution is -2.39. The second kappa shape index (κ2) is 13.5. The number of β-amino-alcohol motifs (C(OH)–C–C–N with tert-alkyl or cyclic N) is 1. The number of likely N-dealkylation sites (tertiary alicyclic amines) is 1. The molecule has 1 saturated heterocycles. The number of hydrogen-bond donors (Lipinski definition) is 4. The van der Waals surface area contributed by atoms with E-state index in [-0.39, 0.29) is 19.0 Å². The van der Waals surface area contributed by atoms with Crippen LogP contribution in [0.25, 0.3) is 10.8 Å². The highest BCUT2D eigenvalue weighted by Gasteiger charge is 2.16. The average Bonchev–Trinajstić information content (AvgIpc) is 2.67. The van der Waals surface area contributed by atoms with E-state index in [1.54, 1.807) is 0 Å². The minimum Gasteiger partial charge on any atom is -0.483 e. The summed E-state index contributed by atoms with van der Waals surface area (Å²) in [6.45, 7) is 3.39. The molecule has 0 radical (unpaired) electrons. The molecule has 2 aromatic rings. The molecule has 4 N–H and O–H groups in total. The molecule has 3 rings (SSSR count). The zero-order chi connectivity index (χ0) is 19.9. The average molecular weight is 377 g/mol. The van der Waals surface area contributed by atoms with E-state index in [2.05, 4.69) is 27.3 Å². The number of fused-ring (bicyclic) bond motifs is 1. The molecule has 8 heteroatoms. The van der Waals surface area contributed by atoms with E-state index in [9.17, 15) is 5.11 Å². The van der Waals surface area contributed by atoms with Crippen molar-refractivity contribution >= 4 is 29.5 Å². The third kappa shape index (κ3) is 8.48. The highest BCUT2D eigenvalue weighted by atomic mass is 16.3. The van der Waals surface area contributed by atoms with Crippen LogP contribution in [0, 0.1) is 0 Å². The van der Waals surface area contributed by atoms with Gasteiger partial charge in [0.15, 0.2) is 0 Å². The largest absolute Gasteiger partial charge is 0.483 e. The number of carboxylic acid groups (broad SMARTS) is 2. The first-order valence-corrected chi connectivity index (χ1v) is 8.80. The van der Waals surface area contributed by atoms with Gasteiger partial charge in [0, 0.05) is 24.7 Å². The number of aliphatic hydroxyl groups excluding tert-OH is 1. The molecule has 1 unspecified atom stereocenters. The van der Waals surface area contributed by atoms with Gasteiger partial charge in [0.2, 0.25) is 0 Å². The van der Waals surface area contributed by atoms with Crippen LogP contribution in [0.4, 0.5) is 5.82 Å². The lowest BCUT2D eigenvalue weighted by molar-refractivity contribution is -0.123. The Morgan fingerprint density at radius 3 is 2.59 bits per heavy atom. The van der Waals surface area contributed by atoms with E-state index in [1.165, 1.54) is 10.8 Å². The molecule has 1 aromatic heterocycles. The Hall–Kier alpha value is -2.71. The molecular formula is C19H27N3O5. The van der Waals surface area contributed by atoms with Crippen LogP contribution in [0.5, 0.6) is 0 Å². The predicted octanol–water partition coefficient (Wildman–Crippen LogP) is 1.90. The van der Waals surface area contributed by atoms with Crippen molar-refractivity contribution in [3.05, 3.63) is 36.5 Å². The third-order valence-electron chi connectivity index (χ3n) is 4.10. The van der Waals surface area contributed by atoms with Crippen LogP contribution < -0.4 is 5.32 Å². The molecule has 8 nitrogen and oxygen atoms in total. The van der Waals surface area contributed by atoms with E-state index < -0.39 is 0 Å². The van der Waals surface area contributed by atoms with Gasteiger partial charge in [0.25, 0.3) is 12.9 Å². The van der Waals surface area contributed by atoms with Crippen LogP contribution in [0.2, 0.25) is 0 Å². The van der Waals surface area contributed by atoms with Crippen molar-refractivity contribution in [1.82, 2.24) is 9.88 Å². The molecule has 0 bridgehead atoms. The van der Waals surface area contributed by atoms with Gasteiger partial charge in [0.1, 0.15) is 5.82 Å². The minimum atomic E-state index is -0.250. The zero-order valence-electron chi connectivity index (χ0n) is 15.2. The van der Waals surface area contributed by atoms with Crippen molar-refractivity contribution < 1.29 is 24.9 Å². The van der Waals surface area contributed by atoms with Gasteiger partial charge in [-0.05, 0) is 43.8 Å². The van der Waals surface area contributed by atoms with Crippen LogP contribution in [0.3, 0.4) is 0 Å². The van der Waals surface area contributed by atoms with Crippen LogP contribution in [-0.2, 0) is 9.59 Å². The van der Waals surface area contributed by atoms with Crippen LogP contribution in [0.1, 0.15) is 19.3 Å². The lowest BCUT2D eigenvalue weighted by atomic mass is 10.1. The molecule has 27 heavy (non-hydrogen) atoms. The summed E-state index contributed by atoms with van der Waals surface area (Å²) < 4.78 is 0. The molecule has 148 valence electrons. The summed E-state index contributed by atoms with van der Waals surface area (Å²) in [7, 11) is 0. The smallest absolute Gasteiger partial charge is 0.290 e. The minimum absolute atomic E-state index is 0.133. The van der Waals surface area contributed by atoms with Gasteiger partial charge >= 0.3 is 0 Å². The second-order valence-electron chi connectivity index (χ2n) is 5.97. The number of carbonyl (C=O) groups is 2. The second-order valence-corrected chi connectivity index (χ2v) is 5.97. The van der Waals surface area contributed by atoms with Crippen molar-refractivity contribution in [2.24, 2.45) is 0 Å². The fourth-order valence-corrected chi connectivity index (χ4v) is 3.00.